The molecule has 0 saturated heterocycles. The average Bonchev–Trinajstić information content (AvgIpc) is 1.85. The van der Waals surface area contributed by atoms with Crippen LogP contribution in [0.4, 0.5) is 0 Å². The first kappa shape index (κ1) is 9.53. The van der Waals surface area contributed by atoms with Crippen LogP contribution in [-0.2, 0) is 4.74 Å². The summed E-state index contributed by atoms with van der Waals surface area (Å²) < 4.78 is 5.44. The van der Waals surface area contributed by atoms with E-state index in [0.29, 0.717) is 22.8 Å². The molecule has 1 nitrogen and oxygen atoms in total. The normalized spacial score (nSPS) is 45.8. The molecule has 2 heteroatoms. The van der Waals surface area contributed by atoms with Gasteiger partial charge >= 0.3 is 0 Å². The summed E-state index contributed by atoms with van der Waals surface area (Å²) in [6.45, 7) is 4.55. The SMILES string of the molecule is COC1[C@@H](C)CC(Br)C[C@@H]1C. The lowest BCUT2D eigenvalue weighted by molar-refractivity contribution is -0.00456. The van der Waals surface area contributed by atoms with Gasteiger partial charge in [0.05, 0.1) is 6.10 Å². The van der Waals surface area contributed by atoms with Crippen LogP contribution in [0.1, 0.15) is 26.7 Å². The highest BCUT2D eigenvalue weighted by molar-refractivity contribution is 9.09. The second-order valence-electron chi connectivity index (χ2n) is 3.72. The van der Waals surface area contributed by atoms with Gasteiger partial charge in [-0.1, -0.05) is 29.8 Å². The van der Waals surface area contributed by atoms with Gasteiger partial charge in [-0.25, -0.2) is 0 Å². The van der Waals surface area contributed by atoms with Crippen molar-refractivity contribution in [3.8, 4) is 0 Å². The average molecular weight is 221 g/mol. The summed E-state index contributed by atoms with van der Waals surface area (Å²) in [4.78, 5) is 0.707. The minimum atomic E-state index is 0.476. The van der Waals surface area contributed by atoms with E-state index in [9.17, 15) is 0 Å². The van der Waals surface area contributed by atoms with Gasteiger partial charge in [-0.2, -0.15) is 0 Å². The lowest BCUT2D eigenvalue weighted by Gasteiger charge is -2.35. The Balaban J connectivity index is 2.52. The fourth-order valence-electron chi connectivity index (χ4n) is 2.20. The van der Waals surface area contributed by atoms with Crippen molar-refractivity contribution in [2.45, 2.75) is 37.6 Å². The lowest BCUT2D eigenvalue weighted by atomic mass is 9.80. The van der Waals surface area contributed by atoms with Gasteiger partial charge < -0.3 is 4.74 Å². The zero-order valence-electron chi connectivity index (χ0n) is 7.51. The van der Waals surface area contributed by atoms with Gasteiger partial charge in [0.2, 0.25) is 0 Å². The largest absolute Gasteiger partial charge is 0.381 e. The lowest BCUT2D eigenvalue weighted by Crippen LogP contribution is -2.35. The molecule has 1 rings (SSSR count). The van der Waals surface area contributed by atoms with Gasteiger partial charge in [0.15, 0.2) is 0 Å². The zero-order chi connectivity index (χ0) is 8.43. The molecule has 0 heterocycles. The molecule has 0 bridgehead atoms. The Labute approximate surface area is 77.6 Å². The summed E-state index contributed by atoms with van der Waals surface area (Å²) in [5.41, 5.74) is 0. The van der Waals surface area contributed by atoms with Crippen LogP contribution in [0.25, 0.3) is 0 Å². The first-order chi connectivity index (χ1) is 5.15. The van der Waals surface area contributed by atoms with E-state index in [0.717, 1.165) is 0 Å². The smallest absolute Gasteiger partial charge is 0.0623 e. The van der Waals surface area contributed by atoms with E-state index in [1.54, 1.807) is 0 Å². The molecule has 1 fully saturated rings. The van der Waals surface area contributed by atoms with Crippen LogP contribution in [0.2, 0.25) is 0 Å². The van der Waals surface area contributed by atoms with Crippen molar-refractivity contribution in [3.05, 3.63) is 0 Å². The predicted octanol–water partition coefficient (Wildman–Crippen LogP) is 2.83. The van der Waals surface area contributed by atoms with Crippen LogP contribution in [0.3, 0.4) is 0 Å². The molecule has 1 aliphatic carbocycles. The van der Waals surface area contributed by atoms with E-state index in [1.165, 1.54) is 12.8 Å². The maximum absolute atomic E-state index is 5.44. The van der Waals surface area contributed by atoms with Gasteiger partial charge in [0, 0.05) is 11.9 Å². The molecule has 11 heavy (non-hydrogen) atoms. The fraction of sp³-hybridized carbons (Fsp3) is 1.00. The first-order valence-electron chi connectivity index (χ1n) is 4.32. The standard InChI is InChI=1S/C9H17BrO/c1-6-4-8(10)5-7(2)9(6)11-3/h6-9H,4-5H2,1-3H3/t6-,7-,8?,9?/m0/s1. The molecule has 66 valence electrons. The fourth-order valence-corrected chi connectivity index (χ4v) is 3.38. The summed E-state index contributed by atoms with van der Waals surface area (Å²) in [6.07, 6.45) is 2.98. The Hall–Kier alpha value is 0.440. The molecule has 0 aromatic heterocycles. The molecule has 2 atom stereocenters. The number of rotatable bonds is 1. The van der Waals surface area contributed by atoms with Crippen LogP contribution < -0.4 is 0 Å². The van der Waals surface area contributed by atoms with E-state index in [-0.39, 0.29) is 0 Å². The Kier molecular flexibility index (Phi) is 3.38. The molecule has 0 aromatic rings. The van der Waals surface area contributed by atoms with Crippen molar-refractivity contribution in [1.82, 2.24) is 0 Å². The molecule has 0 radical (unpaired) electrons. The number of methoxy groups -OCH3 is 1. The van der Waals surface area contributed by atoms with Crippen molar-refractivity contribution < 1.29 is 4.74 Å². The second kappa shape index (κ2) is 3.90. The summed E-state index contributed by atoms with van der Waals surface area (Å²) in [5.74, 6) is 1.40. The number of hydrogen-bond donors (Lipinski definition) is 0. The second-order valence-corrected chi connectivity index (χ2v) is 5.02. The topological polar surface area (TPSA) is 9.23 Å². The molecule has 0 aromatic carbocycles. The minimum absolute atomic E-state index is 0.476. The van der Waals surface area contributed by atoms with Crippen LogP contribution in [0.5, 0.6) is 0 Å². The number of ether oxygens (including phenoxy) is 1. The molecule has 1 saturated carbocycles. The third-order valence-electron chi connectivity index (χ3n) is 2.65. The van der Waals surface area contributed by atoms with Crippen molar-refractivity contribution in [3.63, 3.8) is 0 Å². The van der Waals surface area contributed by atoms with Crippen molar-refractivity contribution in [2.24, 2.45) is 11.8 Å². The highest BCUT2D eigenvalue weighted by atomic mass is 79.9. The zero-order valence-corrected chi connectivity index (χ0v) is 9.10. The van der Waals surface area contributed by atoms with E-state index in [2.05, 4.69) is 29.8 Å². The van der Waals surface area contributed by atoms with Crippen LogP contribution in [0, 0.1) is 11.8 Å². The quantitative estimate of drug-likeness (QED) is 0.618. The summed E-state index contributed by atoms with van der Waals surface area (Å²) in [7, 11) is 1.83. The van der Waals surface area contributed by atoms with E-state index in [4.69, 9.17) is 4.74 Å². The Morgan fingerprint density at radius 2 is 1.64 bits per heavy atom. The third-order valence-corrected chi connectivity index (χ3v) is 3.40. The molecule has 0 spiro atoms. The van der Waals surface area contributed by atoms with Gasteiger partial charge in [-0.05, 0) is 24.7 Å². The monoisotopic (exact) mass is 220 g/mol. The molecule has 0 N–H and O–H groups in total. The Morgan fingerprint density at radius 3 is 2.00 bits per heavy atom. The maximum Gasteiger partial charge on any atom is 0.0623 e. The molecule has 0 unspecified atom stereocenters. The summed E-state index contributed by atoms with van der Waals surface area (Å²) in [5, 5.41) is 0. The highest BCUT2D eigenvalue weighted by Crippen LogP contribution is 2.34. The number of alkyl halides is 1. The van der Waals surface area contributed by atoms with Crippen molar-refractivity contribution >= 4 is 15.9 Å². The number of hydrogen-bond acceptors (Lipinski definition) is 1. The van der Waals surface area contributed by atoms with Gasteiger partial charge in [-0.15, -0.1) is 0 Å². The van der Waals surface area contributed by atoms with Crippen LogP contribution in [0.15, 0.2) is 0 Å². The van der Waals surface area contributed by atoms with Crippen LogP contribution >= 0.6 is 15.9 Å². The molecular formula is C9H17BrO. The molecule has 0 aliphatic heterocycles. The molecular weight excluding hydrogens is 204 g/mol. The van der Waals surface area contributed by atoms with Gasteiger partial charge in [0.25, 0.3) is 0 Å². The van der Waals surface area contributed by atoms with Crippen molar-refractivity contribution in [1.29, 1.82) is 0 Å². The van der Waals surface area contributed by atoms with Crippen LogP contribution in [-0.4, -0.2) is 18.0 Å². The third kappa shape index (κ3) is 2.19. The first-order valence-corrected chi connectivity index (χ1v) is 5.23. The molecule has 1 aliphatic rings. The van der Waals surface area contributed by atoms with E-state index in [1.807, 2.05) is 7.11 Å². The summed E-state index contributed by atoms with van der Waals surface area (Å²) in [6, 6.07) is 0. The van der Waals surface area contributed by atoms with Gasteiger partial charge in [0.1, 0.15) is 0 Å². The number of halogens is 1. The van der Waals surface area contributed by atoms with Crippen molar-refractivity contribution in [2.75, 3.05) is 7.11 Å². The van der Waals surface area contributed by atoms with E-state index >= 15 is 0 Å². The predicted molar refractivity (Wildman–Crippen MR) is 51.1 cm³/mol. The summed E-state index contributed by atoms with van der Waals surface area (Å²) >= 11 is 3.67. The minimum Gasteiger partial charge on any atom is -0.381 e. The maximum atomic E-state index is 5.44. The Bertz CT molecular complexity index is 115. The van der Waals surface area contributed by atoms with Gasteiger partial charge in [-0.3, -0.25) is 0 Å². The Morgan fingerprint density at radius 1 is 1.18 bits per heavy atom. The molecule has 0 amide bonds. The highest BCUT2D eigenvalue weighted by Gasteiger charge is 2.31. The van der Waals surface area contributed by atoms with E-state index < -0.39 is 0 Å².